The summed E-state index contributed by atoms with van der Waals surface area (Å²) in [5.41, 5.74) is 2.68. The van der Waals surface area contributed by atoms with Crippen molar-refractivity contribution in [3.8, 4) is 6.07 Å². The van der Waals surface area contributed by atoms with E-state index in [9.17, 15) is 4.79 Å². The van der Waals surface area contributed by atoms with Gasteiger partial charge in [-0.2, -0.15) is 5.26 Å². The Morgan fingerprint density at radius 1 is 1.28 bits per heavy atom. The number of benzene rings is 2. The summed E-state index contributed by atoms with van der Waals surface area (Å²) in [5.74, 6) is 0.321. The van der Waals surface area contributed by atoms with Gasteiger partial charge in [0.05, 0.1) is 11.6 Å². The Morgan fingerprint density at radius 2 is 2.00 bits per heavy atom. The Bertz CT molecular complexity index is 823. The maximum absolute atomic E-state index is 12.9. The summed E-state index contributed by atoms with van der Waals surface area (Å²) in [6.45, 7) is 4.79. The highest BCUT2D eigenvalue weighted by Gasteiger charge is 2.46. The summed E-state index contributed by atoms with van der Waals surface area (Å²) < 4.78 is 0. The first-order valence-corrected chi connectivity index (χ1v) is 8.65. The van der Waals surface area contributed by atoms with Crippen LogP contribution in [-0.4, -0.2) is 17.4 Å². The monoisotopic (exact) mass is 350 g/mol. The van der Waals surface area contributed by atoms with E-state index in [0.29, 0.717) is 18.7 Å². The lowest BCUT2D eigenvalue weighted by Gasteiger charge is -2.21. The highest BCUT2D eigenvalue weighted by atomic mass is 35.5. The molecule has 1 saturated carbocycles. The van der Waals surface area contributed by atoms with Crippen LogP contribution in [0.25, 0.3) is 0 Å². The summed E-state index contributed by atoms with van der Waals surface area (Å²) in [7, 11) is 0. The Kier molecular flexibility index (Phi) is 5.21. The van der Waals surface area contributed by atoms with E-state index in [1.165, 1.54) is 0 Å². The van der Waals surface area contributed by atoms with Gasteiger partial charge in [-0.3, -0.25) is 4.79 Å². The molecule has 1 aliphatic rings. The first kappa shape index (κ1) is 17.3. The van der Waals surface area contributed by atoms with Crippen LogP contribution in [0.15, 0.2) is 61.2 Å². The number of hydrogen-bond donors (Lipinski definition) is 0. The van der Waals surface area contributed by atoms with Gasteiger partial charge in [-0.05, 0) is 41.7 Å². The van der Waals surface area contributed by atoms with Crippen LogP contribution in [0.5, 0.6) is 0 Å². The Labute approximate surface area is 153 Å². The van der Waals surface area contributed by atoms with Gasteiger partial charge in [0.1, 0.15) is 0 Å². The number of nitriles is 1. The predicted molar refractivity (Wildman–Crippen MR) is 99.1 cm³/mol. The molecule has 0 aromatic heterocycles. The van der Waals surface area contributed by atoms with Crippen molar-refractivity contribution < 1.29 is 4.79 Å². The van der Waals surface area contributed by atoms with Crippen molar-refractivity contribution in [2.75, 3.05) is 6.54 Å². The topological polar surface area (TPSA) is 44.1 Å². The summed E-state index contributed by atoms with van der Waals surface area (Å²) in [5, 5.41) is 9.61. The first-order valence-electron chi connectivity index (χ1n) is 8.27. The fourth-order valence-electron chi connectivity index (χ4n) is 3.12. The van der Waals surface area contributed by atoms with E-state index in [0.717, 1.165) is 22.6 Å². The zero-order valence-corrected chi connectivity index (χ0v) is 14.6. The van der Waals surface area contributed by atoms with Crippen LogP contribution in [0.1, 0.15) is 29.0 Å². The Balaban J connectivity index is 1.70. The average Bonchev–Trinajstić information content (AvgIpc) is 3.42. The number of rotatable bonds is 6. The maximum Gasteiger partial charge on any atom is 0.226 e. The molecule has 0 aliphatic heterocycles. The lowest BCUT2D eigenvalue weighted by atomic mass is 10.1. The van der Waals surface area contributed by atoms with E-state index in [-0.39, 0.29) is 17.7 Å². The second kappa shape index (κ2) is 7.55. The van der Waals surface area contributed by atoms with Crippen molar-refractivity contribution in [3.63, 3.8) is 0 Å². The van der Waals surface area contributed by atoms with Gasteiger partial charge in [-0.1, -0.05) is 48.0 Å². The summed E-state index contributed by atoms with van der Waals surface area (Å²) in [4.78, 5) is 14.7. The van der Waals surface area contributed by atoms with E-state index in [1.807, 2.05) is 41.3 Å². The van der Waals surface area contributed by atoms with E-state index >= 15 is 0 Å². The molecule has 0 spiro atoms. The molecule has 3 rings (SSSR count). The van der Waals surface area contributed by atoms with Gasteiger partial charge >= 0.3 is 0 Å². The molecule has 0 saturated heterocycles. The van der Waals surface area contributed by atoms with Crippen molar-refractivity contribution in [2.45, 2.75) is 18.9 Å². The highest BCUT2D eigenvalue weighted by molar-refractivity contribution is 6.31. The molecule has 2 unspecified atom stereocenters. The van der Waals surface area contributed by atoms with E-state index in [4.69, 9.17) is 16.9 Å². The van der Waals surface area contributed by atoms with E-state index in [1.54, 1.807) is 18.2 Å². The second-order valence-electron chi connectivity index (χ2n) is 6.29. The molecule has 2 aromatic carbocycles. The molecular weight excluding hydrogens is 332 g/mol. The standard InChI is InChI=1S/C21H19ClN2O/c1-2-11-24(14-16-9-7-15(13-23)8-10-16)21(25)19-12-18(19)17-5-3-4-6-20(17)22/h2-10,18-19H,1,11-12,14H2. The van der Waals surface area contributed by atoms with Crippen LogP contribution in [0, 0.1) is 17.2 Å². The minimum Gasteiger partial charge on any atom is -0.334 e. The average molecular weight is 351 g/mol. The smallest absolute Gasteiger partial charge is 0.226 e. The molecule has 3 nitrogen and oxygen atoms in total. The third kappa shape index (κ3) is 3.92. The van der Waals surface area contributed by atoms with Crippen LogP contribution in [0.4, 0.5) is 0 Å². The molecule has 0 N–H and O–H groups in total. The second-order valence-corrected chi connectivity index (χ2v) is 6.69. The van der Waals surface area contributed by atoms with Gasteiger partial charge in [-0.15, -0.1) is 6.58 Å². The molecule has 2 aromatic rings. The van der Waals surface area contributed by atoms with Crippen molar-refractivity contribution in [1.82, 2.24) is 4.90 Å². The van der Waals surface area contributed by atoms with Gasteiger partial charge in [0.15, 0.2) is 0 Å². The van der Waals surface area contributed by atoms with Crippen LogP contribution < -0.4 is 0 Å². The molecule has 126 valence electrons. The van der Waals surface area contributed by atoms with Crippen molar-refractivity contribution >= 4 is 17.5 Å². The van der Waals surface area contributed by atoms with Crippen molar-refractivity contribution in [1.29, 1.82) is 5.26 Å². The maximum atomic E-state index is 12.9. The van der Waals surface area contributed by atoms with Crippen LogP contribution in [-0.2, 0) is 11.3 Å². The van der Waals surface area contributed by atoms with Crippen LogP contribution >= 0.6 is 11.6 Å². The third-order valence-electron chi connectivity index (χ3n) is 4.53. The Morgan fingerprint density at radius 3 is 2.64 bits per heavy atom. The van der Waals surface area contributed by atoms with Gasteiger partial charge in [0.2, 0.25) is 5.91 Å². The van der Waals surface area contributed by atoms with E-state index in [2.05, 4.69) is 12.6 Å². The zero-order valence-electron chi connectivity index (χ0n) is 13.9. The van der Waals surface area contributed by atoms with Gasteiger partial charge in [0, 0.05) is 24.0 Å². The summed E-state index contributed by atoms with van der Waals surface area (Å²) >= 11 is 6.26. The van der Waals surface area contributed by atoms with Crippen molar-refractivity contribution in [2.24, 2.45) is 5.92 Å². The molecular formula is C21H19ClN2O. The van der Waals surface area contributed by atoms with E-state index < -0.39 is 0 Å². The summed E-state index contributed by atoms with van der Waals surface area (Å²) in [6.07, 6.45) is 2.58. The molecule has 25 heavy (non-hydrogen) atoms. The molecule has 2 atom stereocenters. The molecule has 1 amide bonds. The molecule has 0 bridgehead atoms. The normalized spacial score (nSPS) is 18.2. The molecule has 1 aliphatic carbocycles. The molecule has 0 radical (unpaired) electrons. The highest BCUT2D eigenvalue weighted by Crippen LogP contribution is 2.50. The number of carbonyl (C=O) groups excluding carboxylic acids is 1. The Hall–Kier alpha value is -2.57. The molecule has 0 heterocycles. The zero-order chi connectivity index (χ0) is 17.8. The van der Waals surface area contributed by atoms with Crippen LogP contribution in [0.2, 0.25) is 5.02 Å². The minimum atomic E-state index is -0.0155. The van der Waals surface area contributed by atoms with Crippen LogP contribution in [0.3, 0.4) is 0 Å². The largest absolute Gasteiger partial charge is 0.334 e. The SMILES string of the molecule is C=CCN(Cc1ccc(C#N)cc1)C(=O)C1CC1c1ccccc1Cl. The number of hydrogen-bond acceptors (Lipinski definition) is 2. The van der Waals surface area contributed by atoms with Gasteiger partial charge in [0.25, 0.3) is 0 Å². The minimum absolute atomic E-state index is 0.0155. The first-order chi connectivity index (χ1) is 12.1. The number of amides is 1. The lowest BCUT2D eigenvalue weighted by Crippen LogP contribution is -2.32. The lowest BCUT2D eigenvalue weighted by molar-refractivity contribution is -0.132. The molecule has 4 heteroatoms. The fourth-order valence-corrected chi connectivity index (χ4v) is 3.39. The van der Waals surface area contributed by atoms with Gasteiger partial charge < -0.3 is 4.90 Å². The number of nitrogens with zero attached hydrogens (tertiary/aromatic N) is 2. The third-order valence-corrected chi connectivity index (χ3v) is 4.87. The summed E-state index contributed by atoms with van der Waals surface area (Å²) in [6, 6.07) is 17.2. The van der Waals surface area contributed by atoms with Crippen molar-refractivity contribution in [3.05, 3.63) is 82.9 Å². The predicted octanol–water partition coefficient (Wildman–Crippen LogP) is 4.53. The number of halogens is 1. The fraction of sp³-hybridized carbons (Fsp3) is 0.238. The quantitative estimate of drug-likeness (QED) is 0.718. The number of carbonyl (C=O) groups is 1. The van der Waals surface area contributed by atoms with Gasteiger partial charge in [-0.25, -0.2) is 0 Å². The molecule has 1 fully saturated rings.